The minimum atomic E-state index is -1.22. The van der Waals surface area contributed by atoms with Crippen molar-refractivity contribution in [2.45, 2.75) is 6.92 Å². The Morgan fingerprint density at radius 1 is 1.03 bits per heavy atom. The number of carboxylic acid groups (broad SMARTS) is 1. The van der Waals surface area contributed by atoms with Gasteiger partial charge in [-0.15, -0.1) is 11.3 Å². The average molecular weight is 453 g/mol. The van der Waals surface area contributed by atoms with Crippen molar-refractivity contribution in [3.63, 3.8) is 0 Å². The van der Waals surface area contributed by atoms with E-state index in [1.165, 1.54) is 34.8 Å². The first-order chi connectivity index (χ1) is 14.9. The van der Waals surface area contributed by atoms with E-state index in [0.29, 0.717) is 27.2 Å². The summed E-state index contributed by atoms with van der Waals surface area (Å²) >= 11 is 2.67. The molecule has 0 unspecified atom stereocenters. The molecule has 0 spiro atoms. The van der Waals surface area contributed by atoms with Crippen molar-refractivity contribution in [2.75, 3.05) is 10.6 Å². The minimum absolute atomic E-state index is 0.195. The molecule has 2 aromatic carbocycles. The Morgan fingerprint density at radius 3 is 2.55 bits per heavy atom. The predicted molar refractivity (Wildman–Crippen MR) is 121 cm³/mol. The maximum atomic E-state index is 12.4. The van der Waals surface area contributed by atoms with E-state index < -0.39 is 5.97 Å². The molecule has 1 amide bonds. The number of phenols is 1. The van der Waals surface area contributed by atoms with Gasteiger partial charge in [-0.05, 0) is 37.3 Å². The van der Waals surface area contributed by atoms with Crippen LogP contribution in [0.5, 0.6) is 5.75 Å². The lowest BCUT2D eigenvalue weighted by molar-refractivity contribution is 0.0693. The second-order valence-corrected chi connectivity index (χ2v) is 8.31. The van der Waals surface area contributed by atoms with E-state index >= 15 is 0 Å². The van der Waals surface area contributed by atoms with Crippen molar-refractivity contribution in [1.82, 2.24) is 9.97 Å². The number of nitrogens with one attached hydrogen (secondary N) is 2. The third kappa shape index (κ3) is 4.55. The summed E-state index contributed by atoms with van der Waals surface area (Å²) in [4.78, 5) is 33.3. The maximum absolute atomic E-state index is 12.4. The fourth-order valence-corrected chi connectivity index (χ4v) is 4.51. The van der Waals surface area contributed by atoms with E-state index in [2.05, 4.69) is 20.6 Å². The van der Waals surface area contributed by atoms with Gasteiger partial charge in [-0.25, -0.2) is 14.8 Å². The molecule has 8 nitrogen and oxygen atoms in total. The van der Waals surface area contributed by atoms with Crippen LogP contribution in [0.4, 0.5) is 16.0 Å². The molecule has 2 heterocycles. The number of aromatic nitrogens is 2. The minimum Gasteiger partial charge on any atom is -0.507 e. The fourth-order valence-electron chi connectivity index (χ4n) is 2.79. The molecule has 156 valence electrons. The first-order valence-electron chi connectivity index (χ1n) is 9.04. The Balaban J connectivity index is 1.51. The summed E-state index contributed by atoms with van der Waals surface area (Å²) in [6, 6.07) is 13.1. The number of hydrogen-bond donors (Lipinski definition) is 4. The highest BCUT2D eigenvalue weighted by Gasteiger charge is 2.16. The second-order valence-electron chi connectivity index (χ2n) is 6.45. The number of carbonyl (C=O) groups is 2. The molecular weight excluding hydrogens is 436 g/mol. The normalized spacial score (nSPS) is 10.6. The maximum Gasteiger partial charge on any atom is 0.339 e. The molecule has 0 aliphatic heterocycles. The lowest BCUT2D eigenvalue weighted by Gasteiger charge is -2.05. The van der Waals surface area contributed by atoms with Gasteiger partial charge in [-0.1, -0.05) is 29.5 Å². The lowest BCUT2D eigenvalue weighted by atomic mass is 10.2. The van der Waals surface area contributed by atoms with Crippen LogP contribution in [0, 0.1) is 6.92 Å². The van der Waals surface area contributed by atoms with Crippen LogP contribution < -0.4 is 10.6 Å². The molecule has 0 bridgehead atoms. The summed E-state index contributed by atoms with van der Waals surface area (Å²) in [5.41, 5.74) is 2.28. The molecule has 0 saturated carbocycles. The Kier molecular flexibility index (Phi) is 5.65. The molecule has 4 rings (SSSR count). The Morgan fingerprint density at radius 2 is 1.81 bits per heavy atom. The number of thiazole rings is 2. The highest BCUT2D eigenvalue weighted by atomic mass is 32.1. The highest BCUT2D eigenvalue weighted by molar-refractivity contribution is 7.20. The highest BCUT2D eigenvalue weighted by Crippen LogP contribution is 2.35. The first-order valence-corrected chi connectivity index (χ1v) is 10.7. The molecule has 4 aromatic rings. The molecule has 0 atom stereocenters. The Hall–Kier alpha value is -3.76. The summed E-state index contributed by atoms with van der Waals surface area (Å²) in [5, 5.41) is 27.5. The number of carbonyl (C=O) groups excluding carboxylic acids is 1. The molecule has 0 aliphatic carbocycles. The largest absolute Gasteiger partial charge is 0.507 e. The molecule has 0 radical (unpaired) electrons. The molecule has 31 heavy (non-hydrogen) atoms. The quantitative estimate of drug-likeness (QED) is 0.304. The van der Waals surface area contributed by atoms with E-state index in [9.17, 15) is 14.7 Å². The van der Waals surface area contributed by atoms with E-state index in [0.717, 1.165) is 10.6 Å². The molecule has 0 saturated heterocycles. The van der Waals surface area contributed by atoms with Gasteiger partial charge in [0.25, 0.3) is 5.91 Å². The van der Waals surface area contributed by atoms with Gasteiger partial charge >= 0.3 is 5.97 Å². The van der Waals surface area contributed by atoms with Crippen LogP contribution in [0.15, 0.2) is 53.9 Å². The number of rotatable bonds is 6. The van der Waals surface area contributed by atoms with Crippen molar-refractivity contribution >= 4 is 50.5 Å². The number of aromatic carboxylic acids is 1. The third-order valence-corrected chi connectivity index (χ3v) is 6.12. The molecule has 10 heteroatoms. The number of hydrogen-bond acceptors (Lipinski definition) is 8. The smallest absolute Gasteiger partial charge is 0.339 e. The van der Waals surface area contributed by atoms with E-state index in [-0.39, 0.29) is 17.2 Å². The van der Waals surface area contributed by atoms with Crippen LogP contribution in [-0.4, -0.2) is 32.1 Å². The zero-order chi connectivity index (χ0) is 22.0. The third-order valence-electron chi connectivity index (χ3n) is 4.27. The fraction of sp³-hybridized carbons (Fsp3) is 0.0476. The van der Waals surface area contributed by atoms with Gasteiger partial charge in [0.15, 0.2) is 10.3 Å². The van der Waals surface area contributed by atoms with Crippen LogP contribution in [-0.2, 0) is 0 Å². The molecule has 0 fully saturated rings. The predicted octanol–water partition coefficient (Wildman–Crippen LogP) is 4.97. The van der Waals surface area contributed by atoms with Gasteiger partial charge < -0.3 is 15.5 Å². The van der Waals surface area contributed by atoms with Crippen LogP contribution in [0.1, 0.15) is 26.4 Å². The van der Waals surface area contributed by atoms with Crippen molar-refractivity contribution in [3.8, 4) is 16.3 Å². The number of aromatic hydroxyl groups is 1. The Labute approximate surface area is 184 Å². The average Bonchev–Trinajstić information content (AvgIpc) is 3.36. The van der Waals surface area contributed by atoms with Crippen molar-refractivity contribution in [2.24, 2.45) is 0 Å². The van der Waals surface area contributed by atoms with Crippen LogP contribution in [0.3, 0.4) is 0 Å². The second kappa shape index (κ2) is 8.54. The number of benzene rings is 2. The van der Waals surface area contributed by atoms with Gasteiger partial charge in [0.05, 0.1) is 16.3 Å². The molecule has 2 aromatic heterocycles. The molecule has 4 N–H and O–H groups in total. The van der Waals surface area contributed by atoms with Crippen molar-refractivity contribution in [3.05, 3.63) is 70.7 Å². The Bertz CT molecular complexity index is 1270. The van der Waals surface area contributed by atoms with Crippen molar-refractivity contribution in [1.29, 1.82) is 0 Å². The number of carboxylic acids is 1. The molecular formula is C21H16N4O4S2. The zero-order valence-corrected chi connectivity index (χ0v) is 17.8. The van der Waals surface area contributed by atoms with Crippen LogP contribution in [0.2, 0.25) is 0 Å². The summed E-state index contributed by atoms with van der Waals surface area (Å²) in [6.45, 7) is 1.84. The topological polar surface area (TPSA) is 124 Å². The molecule has 0 aliphatic rings. The number of aryl methyl sites for hydroxylation is 1. The lowest BCUT2D eigenvalue weighted by Crippen LogP contribution is -2.11. The summed E-state index contributed by atoms with van der Waals surface area (Å²) in [6.07, 6.45) is 0. The standard InChI is InChI=1S/C21H16N4O4S2/c1-11-17(31-21(22-11)25-18(27)12-5-3-2-4-6-12)15-10-30-20(24-15)23-13-7-8-16(26)14(9-13)19(28)29/h2-10,26H,1H3,(H,23,24)(H,28,29)(H,22,25,27). The van der Waals surface area contributed by atoms with Gasteiger partial charge in [0.1, 0.15) is 11.3 Å². The SMILES string of the molecule is Cc1nc(NC(=O)c2ccccc2)sc1-c1csc(Nc2ccc(O)c(C(=O)O)c2)n1. The number of nitrogens with zero attached hydrogens (tertiary/aromatic N) is 2. The summed E-state index contributed by atoms with van der Waals surface area (Å²) in [5.74, 6) is -1.75. The summed E-state index contributed by atoms with van der Waals surface area (Å²) < 4.78 is 0. The van der Waals surface area contributed by atoms with Crippen LogP contribution >= 0.6 is 22.7 Å². The van der Waals surface area contributed by atoms with Gasteiger partial charge in [-0.2, -0.15) is 0 Å². The zero-order valence-electron chi connectivity index (χ0n) is 16.1. The van der Waals surface area contributed by atoms with Gasteiger partial charge in [0, 0.05) is 16.6 Å². The van der Waals surface area contributed by atoms with Crippen molar-refractivity contribution < 1.29 is 19.8 Å². The van der Waals surface area contributed by atoms with E-state index in [1.807, 2.05) is 18.4 Å². The number of amides is 1. The number of anilines is 3. The van der Waals surface area contributed by atoms with E-state index in [1.54, 1.807) is 30.3 Å². The monoisotopic (exact) mass is 452 g/mol. The van der Waals surface area contributed by atoms with Crippen LogP contribution in [0.25, 0.3) is 10.6 Å². The first kappa shape index (κ1) is 20.5. The van der Waals surface area contributed by atoms with Gasteiger partial charge in [0.2, 0.25) is 0 Å². The van der Waals surface area contributed by atoms with E-state index in [4.69, 9.17) is 5.11 Å². The van der Waals surface area contributed by atoms with Gasteiger partial charge in [-0.3, -0.25) is 10.1 Å². The summed E-state index contributed by atoms with van der Waals surface area (Å²) in [7, 11) is 0.